The number of benzene rings is 2. The largest absolute Gasteiger partial charge is 0.371 e. The van der Waals surface area contributed by atoms with Crippen molar-refractivity contribution >= 4 is 22.1 Å². The van der Waals surface area contributed by atoms with E-state index in [0.717, 1.165) is 33.3 Å². The van der Waals surface area contributed by atoms with Gasteiger partial charge >= 0.3 is 0 Å². The first-order valence-electron chi connectivity index (χ1n) is 9.06. The maximum absolute atomic E-state index is 9.58. The highest BCUT2D eigenvalue weighted by Crippen LogP contribution is 2.47. The van der Waals surface area contributed by atoms with E-state index >= 15 is 0 Å². The minimum atomic E-state index is -1.05. The molecule has 2 aliphatic rings. The third kappa shape index (κ3) is 2.29. The van der Waals surface area contributed by atoms with Gasteiger partial charge in [0.05, 0.1) is 24.3 Å². The molecule has 2 heterocycles. The Hall–Kier alpha value is -3.74. The standard InChI is InChI=1S/C22H18N6/c1-27-13-21(9-23,10-24)7-16-5-3-15-4-6-17-8-22(11-25,12-26)14-28(2)20(17)18(15)19(16)27/h3-6H,7-8,13-14H2,1-2H3. The van der Waals surface area contributed by atoms with Crippen molar-refractivity contribution in [1.29, 1.82) is 21.0 Å². The van der Waals surface area contributed by atoms with Gasteiger partial charge in [0.1, 0.15) is 0 Å². The summed E-state index contributed by atoms with van der Waals surface area (Å²) in [4.78, 5) is 4.00. The molecule has 2 aromatic rings. The lowest BCUT2D eigenvalue weighted by molar-refractivity contribution is 0.495. The first kappa shape index (κ1) is 17.7. The summed E-state index contributed by atoms with van der Waals surface area (Å²) < 4.78 is 0. The summed E-state index contributed by atoms with van der Waals surface area (Å²) in [6, 6.07) is 16.8. The van der Waals surface area contributed by atoms with Crippen LogP contribution in [0.3, 0.4) is 0 Å². The zero-order valence-electron chi connectivity index (χ0n) is 15.8. The number of nitriles is 4. The van der Waals surface area contributed by atoms with Crippen LogP contribution in [0.4, 0.5) is 11.4 Å². The predicted octanol–water partition coefficient (Wildman–Crippen LogP) is 2.89. The van der Waals surface area contributed by atoms with Gasteiger partial charge < -0.3 is 9.80 Å². The van der Waals surface area contributed by atoms with Crippen molar-refractivity contribution in [1.82, 2.24) is 0 Å². The molecule has 0 saturated carbocycles. The number of fused-ring (bicyclic) bond motifs is 5. The number of hydrogen-bond acceptors (Lipinski definition) is 6. The Morgan fingerprint density at radius 2 is 1.11 bits per heavy atom. The summed E-state index contributed by atoms with van der Waals surface area (Å²) in [5.41, 5.74) is 1.92. The van der Waals surface area contributed by atoms with Gasteiger partial charge in [-0.15, -0.1) is 0 Å². The molecule has 6 heteroatoms. The van der Waals surface area contributed by atoms with Crippen LogP contribution in [0.1, 0.15) is 11.1 Å². The summed E-state index contributed by atoms with van der Waals surface area (Å²) in [5, 5.41) is 40.4. The van der Waals surface area contributed by atoms with E-state index in [0.29, 0.717) is 25.9 Å². The van der Waals surface area contributed by atoms with Crippen molar-refractivity contribution in [3.8, 4) is 24.3 Å². The molecule has 28 heavy (non-hydrogen) atoms. The van der Waals surface area contributed by atoms with Crippen LogP contribution in [0, 0.1) is 56.2 Å². The van der Waals surface area contributed by atoms with Crippen LogP contribution < -0.4 is 9.80 Å². The van der Waals surface area contributed by atoms with E-state index in [-0.39, 0.29) is 0 Å². The third-order valence-electron chi connectivity index (χ3n) is 5.92. The Morgan fingerprint density at radius 1 is 0.714 bits per heavy atom. The van der Waals surface area contributed by atoms with Gasteiger partial charge in [-0.25, -0.2) is 0 Å². The molecule has 0 bridgehead atoms. The minimum Gasteiger partial charge on any atom is -0.371 e. The average Bonchev–Trinajstić information content (AvgIpc) is 2.72. The third-order valence-corrected chi connectivity index (χ3v) is 5.92. The number of rotatable bonds is 0. The van der Waals surface area contributed by atoms with E-state index in [9.17, 15) is 21.0 Å². The fourth-order valence-electron chi connectivity index (χ4n) is 4.70. The van der Waals surface area contributed by atoms with Crippen molar-refractivity contribution in [3.05, 3.63) is 35.4 Å². The summed E-state index contributed by atoms with van der Waals surface area (Å²) in [6.07, 6.45) is 0.784. The molecule has 2 aliphatic heterocycles. The normalized spacial score (nSPS) is 18.8. The van der Waals surface area contributed by atoms with Crippen LogP contribution in [0.25, 0.3) is 10.8 Å². The van der Waals surface area contributed by atoms with Gasteiger partial charge in [0, 0.05) is 56.8 Å². The van der Waals surface area contributed by atoms with Gasteiger partial charge in [-0.3, -0.25) is 0 Å². The molecule has 0 saturated heterocycles. The highest BCUT2D eigenvalue weighted by molar-refractivity contribution is 6.06. The first-order valence-corrected chi connectivity index (χ1v) is 9.06. The Labute approximate surface area is 164 Å². The van der Waals surface area contributed by atoms with Gasteiger partial charge in [0.15, 0.2) is 10.8 Å². The molecular formula is C22H18N6. The van der Waals surface area contributed by atoms with Crippen molar-refractivity contribution in [2.24, 2.45) is 10.8 Å². The first-order chi connectivity index (χ1) is 13.4. The second-order valence-electron chi connectivity index (χ2n) is 7.92. The molecule has 0 atom stereocenters. The van der Waals surface area contributed by atoms with Crippen molar-refractivity contribution < 1.29 is 0 Å². The molecule has 4 rings (SSSR count). The Kier molecular flexibility index (Phi) is 3.71. The smallest absolute Gasteiger partial charge is 0.165 e. The molecule has 0 aliphatic carbocycles. The van der Waals surface area contributed by atoms with Crippen LogP contribution >= 0.6 is 0 Å². The van der Waals surface area contributed by atoms with Gasteiger partial charge in [0.2, 0.25) is 0 Å². The second kappa shape index (κ2) is 5.88. The lowest BCUT2D eigenvalue weighted by atomic mass is 9.77. The van der Waals surface area contributed by atoms with Gasteiger partial charge in [0.25, 0.3) is 0 Å². The van der Waals surface area contributed by atoms with Gasteiger partial charge in [-0.05, 0) is 16.5 Å². The van der Waals surface area contributed by atoms with Crippen molar-refractivity contribution in [3.63, 3.8) is 0 Å². The van der Waals surface area contributed by atoms with Crippen molar-refractivity contribution in [2.45, 2.75) is 12.8 Å². The molecule has 0 N–H and O–H groups in total. The number of hydrogen-bond donors (Lipinski definition) is 0. The predicted molar refractivity (Wildman–Crippen MR) is 105 cm³/mol. The highest BCUT2D eigenvalue weighted by atomic mass is 15.1. The van der Waals surface area contributed by atoms with E-state index in [1.54, 1.807) is 0 Å². The second-order valence-corrected chi connectivity index (χ2v) is 7.92. The van der Waals surface area contributed by atoms with Crippen LogP contribution in [-0.4, -0.2) is 27.2 Å². The lowest BCUT2D eigenvalue weighted by Crippen LogP contribution is -2.42. The number of anilines is 2. The fourth-order valence-corrected chi connectivity index (χ4v) is 4.70. The van der Waals surface area contributed by atoms with Crippen LogP contribution in [0.15, 0.2) is 24.3 Å². The highest BCUT2D eigenvalue weighted by Gasteiger charge is 2.41. The van der Waals surface area contributed by atoms with Gasteiger partial charge in [-0.2, -0.15) is 21.0 Å². The zero-order chi connectivity index (χ0) is 20.1. The summed E-state index contributed by atoms with van der Waals surface area (Å²) in [5.74, 6) is 0. The monoisotopic (exact) mass is 366 g/mol. The van der Waals surface area contributed by atoms with Crippen LogP contribution in [-0.2, 0) is 12.8 Å². The Balaban J connectivity index is 1.99. The maximum atomic E-state index is 9.58. The molecule has 2 aromatic carbocycles. The lowest BCUT2D eigenvalue weighted by Gasteiger charge is -2.39. The number of nitrogens with zero attached hydrogens (tertiary/aromatic N) is 6. The quantitative estimate of drug-likeness (QED) is 0.710. The Bertz CT molecular complexity index is 1050. The average molecular weight is 366 g/mol. The van der Waals surface area contributed by atoms with Crippen molar-refractivity contribution in [2.75, 3.05) is 37.0 Å². The van der Waals surface area contributed by atoms with Crippen LogP contribution in [0.2, 0.25) is 0 Å². The SMILES string of the molecule is CN1CC(C#N)(C#N)Cc2ccc3ccc4c(c3c21)N(C)CC(C#N)(C#N)C4. The zero-order valence-corrected chi connectivity index (χ0v) is 15.8. The minimum absolute atomic E-state index is 0.347. The maximum Gasteiger partial charge on any atom is 0.165 e. The van der Waals surface area contributed by atoms with Crippen LogP contribution in [0.5, 0.6) is 0 Å². The molecular weight excluding hydrogens is 348 g/mol. The molecule has 136 valence electrons. The van der Waals surface area contributed by atoms with E-state index in [2.05, 4.69) is 24.3 Å². The summed E-state index contributed by atoms with van der Waals surface area (Å²) in [6.45, 7) is 0.694. The van der Waals surface area contributed by atoms with E-state index < -0.39 is 10.8 Å². The topological polar surface area (TPSA) is 102 Å². The fraction of sp³-hybridized carbons (Fsp3) is 0.364. The molecule has 0 aromatic heterocycles. The summed E-state index contributed by atoms with van der Waals surface area (Å²) in [7, 11) is 3.83. The van der Waals surface area contributed by atoms with Gasteiger partial charge in [-0.1, -0.05) is 24.3 Å². The molecule has 0 spiro atoms. The van der Waals surface area contributed by atoms with E-state index in [1.807, 2.05) is 48.2 Å². The molecule has 0 unspecified atom stereocenters. The molecule has 6 nitrogen and oxygen atoms in total. The molecule has 0 radical (unpaired) electrons. The Morgan fingerprint density at radius 3 is 1.46 bits per heavy atom. The molecule has 0 amide bonds. The van der Waals surface area contributed by atoms with E-state index in [1.165, 1.54) is 0 Å². The molecule has 0 fully saturated rings. The van der Waals surface area contributed by atoms with E-state index in [4.69, 9.17) is 0 Å². The summed E-state index contributed by atoms with van der Waals surface area (Å²) >= 11 is 0.